The van der Waals surface area contributed by atoms with Crippen molar-refractivity contribution in [3.63, 3.8) is 0 Å². The quantitative estimate of drug-likeness (QED) is 0.382. The van der Waals surface area contributed by atoms with Crippen LogP contribution in [0.4, 0.5) is 0 Å². The second-order valence-electron chi connectivity index (χ2n) is 4.77. The first-order valence-electron chi connectivity index (χ1n) is 7.53. The van der Waals surface area contributed by atoms with E-state index < -0.39 is 9.28 Å². The van der Waals surface area contributed by atoms with Gasteiger partial charge in [-0.3, -0.25) is 0 Å². The second-order valence-corrected chi connectivity index (χ2v) is 7.12. The lowest BCUT2D eigenvalue weighted by Crippen LogP contribution is -2.30. The van der Waals surface area contributed by atoms with Crippen LogP contribution >= 0.6 is 0 Å². The summed E-state index contributed by atoms with van der Waals surface area (Å²) in [5, 5.41) is 0. The van der Waals surface area contributed by atoms with E-state index in [0.29, 0.717) is 5.54 Å². The number of hydrogen-bond acceptors (Lipinski definition) is 2. The molecule has 0 fully saturated rings. The topological polar surface area (TPSA) is 18.5 Å². The largest absolute Gasteiger partial charge is 0.396 e. The van der Waals surface area contributed by atoms with E-state index in [1.807, 2.05) is 0 Å². The molecule has 2 nitrogen and oxygen atoms in total. The monoisotopic (exact) mass is 260 g/mol. The Morgan fingerprint density at radius 2 is 1.35 bits per heavy atom. The van der Waals surface area contributed by atoms with Crippen molar-refractivity contribution in [2.75, 3.05) is 13.2 Å². The average molecular weight is 260 g/mol. The summed E-state index contributed by atoms with van der Waals surface area (Å²) in [5.74, 6) is 0. The molecule has 1 unspecified atom stereocenters. The van der Waals surface area contributed by atoms with Crippen molar-refractivity contribution in [1.29, 1.82) is 0 Å². The van der Waals surface area contributed by atoms with Gasteiger partial charge >= 0.3 is 9.28 Å². The van der Waals surface area contributed by atoms with Crippen molar-refractivity contribution in [1.82, 2.24) is 0 Å². The van der Waals surface area contributed by atoms with E-state index in [1.54, 1.807) is 0 Å². The van der Waals surface area contributed by atoms with Crippen LogP contribution in [-0.2, 0) is 8.85 Å². The SMILES string of the molecule is CCCCO[SiH](OCCCC)C(CC)CCC. The summed E-state index contributed by atoms with van der Waals surface area (Å²) in [4.78, 5) is 0. The fourth-order valence-corrected chi connectivity index (χ4v) is 4.34. The van der Waals surface area contributed by atoms with Gasteiger partial charge in [-0.05, 0) is 24.8 Å². The van der Waals surface area contributed by atoms with Gasteiger partial charge in [0.25, 0.3) is 0 Å². The third kappa shape index (κ3) is 8.81. The molecule has 0 radical (unpaired) electrons. The molecule has 0 spiro atoms. The fraction of sp³-hybridized carbons (Fsp3) is 1.00. The molecule has 0 rings (SSSR count). The molecule has 0 saturated heterocycles. The summed E-state index contributed by atoms with van der Waals surface area (Å²) in [6, 6.07) is 0. The highest BCUT2D eigenvalue weighted by atomic mass is 28.3. The Morgan fingerprint density at radius 1 is 0.824 bits per heavy atom. The first-order valence-corrected chi connectivity index (χ1v) is 9.14. The Kier molecular flexibility index (Phi) is 12.7. The average Bonchev–Trinajstić information content (AvgIpc) is 2.35. The van der Waals surface area contributed by atoms with Gasteiger partial charge in [0, 0.05) is 13.2 Å². The van der Waals surface area contributed by atoms with Crippen molar-refractivity contribution in [3.8, 4) is 0 Å². The fourth-order valence-electron chi connectivity index (χ4n) is 1.91. The van der Waals surface area contributed by atoms with Crippen LogP contribution in [0.3, 0.4) is 0 Å². The molecule has 0 aliphatic rings. The van der Waals surface area contributed by atoms with Crippen LogP contribution in [0.2, 0.25) is 5.54 Å². The van der Waals surface area contributed by atoms with Gasteiger partial charge in [0.15, 0.2) is 0 Å². The highest BCUT2D eigenvalue weighted by Gasteiger charge is 2.23. The van der Waals surface area contributed by atoms with E-state index in [0.717, 1.165) is 13.2 Å². The lowest BCUT2D eigenvalue weighted by Gasteiger charge is -2.24. The van der Waals surface area contributed by atoms with Crippen LogP contribution in [-0.4, -0.2) is 22.5 Å². The highest BCUT2D eigenvalue weighted by Crippen LogP contribution is 2.23. The molecule has 0 heterocycles. The van der Waals surface area contributed by atoms with Gasteiger partial charge in [-0.1, -0.05) is 53.4 Å². The van der Waals surface area contributed by atoms with Gasteiger partial charge in [0.1, 0.15) is 0 Å². The van der Waals surface area contributed by atoms with Gasteiger partial charge in [-0.15, -0.1) is 0 Å². The van der Waals surface area contributed by atoms with E-state index in [9.17, 15) is 0 Å². The Hall–Kier alpha value is 0.137. The van der Waals surface area contributed by atoms with Crippen LogP contribution in [0.5, 0.6) is 0 Å². The van der Waals surface area contributed by atoms with Crippen LogP contribution in [0.25, 0.3) is 0 Å². The van der Waals surface area contributed by atoms with Gasteiger partial charge < -0.3 is 8.85 Å². The second kappa shape index (κ2) is 12.6. The summed E-state index contributed by atoms with van der Waals surface area (Å²) in [7, 11) is -1.43. The Bertz CT molecular complexity index is 143. The minimum Gasteiger partial charge on any atom is -0.396 e. The van der Waals surface area contributed by atoms with E-state index in [-0.39, 0.29) is 0 Å². The summed E-state index contributed by atoms with van der Waals surface area (Å²) < 4.78 is 12.1. The normalized spacial score (nSPS) is 13.2. The molecule has 0 N–H and O–H groups in total. The lowest BCUT2D eigenvalue weighted by atomic mass is 10.2. The minimum absolute atomic E-state index is 0.703. The molecule has 0 aliphatic heterocycles. The van der Waals surface area contributed by atoms with E-state index >= 15 is 0 Å². The summed E-state index contributed by atoms with van der Waals surface area (Å²) in [6.45, 7) is 10.8. The highest BCUT2D eigenvalue weighted by molar-refractivity contribution is 6.46. The zero-order valence-electron chi connectivity index (χ0n) is 12.3. The zero-order chi connectivity index (χ0) is 12.9. The summed E-state index contributed by atoms with van der Waals surface area (Å²) in [5.41, 5.74) is 0.703. The van der Waals surface area contributed by atoms with Crippen LogP contribution in [0, 0.1) is 0 Å². The van der Waals surface area contributed by atoms with Gasteiger partial charge in [0.2, 0.25) is 0 Å². The number of unbranched alkanes of at least 4 members (excludes halogenated alkanes) is 2. The maximum atomic E-state index is 6.05. The zero-order valence-corrected chi connectivity index (χ0v) is 13.5. The first kappa shape index (κ1) is 17.1. The predicted molar refractivity (Wildman–Crippen MR) is 77.8 cm³/mol. The van der Waals surface area contributed by atoms with Crippen molar-refractivity contribution < 1.29 is 8.85 Å². The molecule has 17 heavy (non-hydrogen) atoms. The van der Waals surface area contributed by atoms with E-state index in [1.165, 1.54) is 44.9 Å². The summed E-state index contributed by atoms with van der Waals surface area (Å²) in [6.07, 6.45) is 8.48. The van der Waals surface area contributed by atoms with Crippen molar-refractivity contribution >= 4 is 9.28 Å². The molecule has 0 bridgehead atoms. The third-order valence-corrected chi connectivity index (χ3v) is 5.83. The van der Waals surface area contributed by atoms with Gasteiger partial charge in [-0.25, -0.2) is 0 Å². The molecule has 0 saturated carbocycles. The molecule has 0 aromatic heterocycles. The smallest absolute Gasteiger partial charge is 0.324 e. The van der Waals surface area contributed by atoms with Gasteiger partial charge in [-0.2, -0.15) is 0 Å². The molecule has 0 aromatic carbocycles. The maximum Gasteiger partial charge on any atom is 0.324 e. The molecular weight excluding hydrogens is 228 g/mol. The molecule has 0 aromatic rings. The third-order valence-electron chi connectivity index (χ3n) is 3.13. The van der Waals surface area contributed by atoms with Crippen molar-refractivity contribution in [3.05, 3.63) is 0 Å². The number of rotatable bonds is 12. The Labute approximate surface area is 110 Å². The lowest BCUT2D eigenvalue weighted by molar-refractivity contribution is 0.180. The molecule has 0 amide bonds. The van der Waals surface area contributed by atoms with Crippen molar-refractivity contribution in [2.24, 2.45) is 0 Å². The van der Waals surface area contributed by atoms with E-state index in [4.69, 9.17) is 8.85 Å². The van der Waals surface area contributed by atoms with Gasteiger partial charge in [0.05, 0.1) is 0 Å². The summed E-state index contributed by atoms with van der Waals surface area (Å²) >= 11 is 0. The molecule has 3 heteroatoms. The molecule has 104 valence electrons. The predicted octanol–water partition coefficient (Wildman–Crippen LogP) is 4.42. The standard InChI is InChI=1S/C14H32O2Si/c1-5-9-12-15-17(16-13-10-6-2)14(8-4)11-7-3/h14,17H,5-13H2,1-4H3. The van der Waals surface area contributed by atoms with E-state index in [2.05, 4.69) is 27.7 Å². The molecule has 1 atom stereocenters. The Morgan fingerprint density at radius 3 is 1.71 bits per heavy atom. The maximum absolute atomic E-state index is 6.05. The molecule has 0 aliphatic carbocycles. The van der Waals surface area contributed by atoms with Crippen LogP contribution in [0.15, 0.2) is 0 Å². The first-order chi connectivity index (χ1) is 8.29. The van der Waals surface area contributed by atoms with Crippen LogP contribution < -0.4 is 0 Å². The number of hydrogen-bond donors (Lipinski definition) is 0. The van der Waals surface area contributed by atoms with Crippen LogP contribution in [0.1, 0.15) is 72.6 Å². The molecular formula is C14H32O2Si. The Balaban J connectivity index is 4.04. The van der Waals surface area contributed by atoms with Crippen molar-refractivity contribution in [2.45, 2.75) is 78.2 Å². The minimum atomic E-state index is -1.43.